The van der Waals surface area contributed by atoms with E-state index in [4.69, 9.17) is 0 Å². The number of aromatic amines is 1. The Morgan fingerprint density at radius 2 is 2.17 bits per heavy atom. The maximum atomic E-state index is 12.1. The van der Waals surface area contributed by atoms with E-state index in [1.807, 2.05) is 0 Å². The van der Waals surface area contributed by atoms with E-state index in [1.165, 1.54) is 0 Å². The van der Waals surface area contributed by atoms with E-state index in [2.05, 4.69) is 20.7 Å². The van der Waals surface area contributed by atoms with Gasteiger partial charge in [0.1, 0.15) is 11.0 Å². The molecule has 2 aromatic rings. The van der Waals surface area contributed by atoms with Crippen molar-refractivity contribution in [2.24, 2.45) is 0 Å². The SMILES string of the molecule is O=C(NC1(CO)CCC1)c1ccc2n[nH]nc2c1. The summed E-state index contributed by atoms with van der Waals surface area (Å²) in [5.74, 6) is -0.173. The van der Waals surface area contributed by atoms with Gasteiger partial charge in [-0.05, 0) is 37.5 Å². The number of hydrogen-bond donors (Lipinski definition) is 3. The molecule has 1 aromatic heterocycles. The second kappa shape index (κ2) is 4.06. The molecule has 6 nitrogen and oxygen atoms in total. The van der Waals surface area contributed by atoms with E-state index in [1.54, 1.807) is 18.2 Å². The molecule has 0 unspecified atom stereocenters. The lowest BCUT2D eigenvalue weighted by Gasteiger charge is -2.40. The first-order chi connectivity index (χ1) is 8.72. The molecular weight excluding hydrogens is 232 g/mol. The Labute approximate surface area is 103 Å². The van der Waals surface area contributed by atoms with E-state index < -0.39 is 5.54 Å². The van der Waals surface area contributed by atoms with Crippen molar-refractivity contribution in [3.05, 3.63) is 23.8 Å². The smallest absolute Gasteiger partial charge is 0.251 e. The van der Waals surface area contributed by atoms with E-state index in [0.29, 0.717) is 11.1 Å². The summed E-state index contributed by atoms with van der Waals surface area (Å²) in [5.41, 5.74) is 1.51. The van der Waals surface area contributed by atoms with Gasteiger partial charge in [0.25, 0.3) is 5.91 Å². The summed E-state index contributed by atoms with van der Waals surface area (Å²) in [7, 11) is 0. The van der Waals surface area contributed by atoms with Crippen LogP contribution in [-0.2, 0) is 0 Å². The molecule has 1 fully saturated rings. The van der Waals surface area contributed by atoms with Gasteiger partial charge < -0.3 is 10.4 Å². The summed E-state index contributed by atoms with van der Waals surface area (Å²) in [4.78, 5) is 12.1. The molecule has 1 aliphatic carbocycles. The van der Waals surface area contributed by atoms with E-state index in [-0.39, 0.29) is 12.5 Å². The molecule has 0 bridgehead atoms. The summed E-state index contributed by atoms with van der Waals surface area (Å²) in [5, 5.41) is 22.6. The summed E-state index contributed by atoms with van der Waals surface area (Å²) in [6.45, 7) is -0.00898. The topological polar surface area (TPSA) is 90.9 Å². The third kappa shape index (κ3) is 1.74. The van der Waals surface area contributed by atoms with Crippen LogP contribution in [0.5, 0.6) is 0 Å². The van der Waals surface area contributed by atoms with Gasteiger partial charge in [-0.2, -0.15) is 15.4 Å². The standard InChI is InChI=1S/C12H14N4O2/c17-7-12(4-1-5-12)13-11(18)8-2-3-9-10(6-8)15-16-14-9/h2-3,6,17H,1,4-5,7H2,(H,13,18)(H,14,15,16). The van der Waals surface area contributed by atoms with Crippen LogP contribution in [0.4, 0.5) is 0 Å². The van der Waals surface area contributed by atoms with E-state index >= 15 is 0 Å². The van der Waals surface area contributed by atoms with Crippen molar-refractivity contribution in [3.8, 4) is 0 Å². The van der Waals surface area contributed by atoms with Crippen LogP contribution in [0, 0.1) is 0 Å². The number of hydrogen-bond acceptors (Lipinski definition) is 4. The number of rotatable bonds is 3. The quantitative estimate of drug-likeness (QED) is 0.739. The zero-order chi connectivity index (χ0) is 12.6. The van der Waals surface area contributed by atoms with Gasteiger partial charge in [0, 0.05) is 5.56 Å². The van der Waals surface area contributed by atoms with Crippen molar-refractivity contribution in [1.29, 1.82) is 0 Å². The average Bonchev–Trinajstić information content (AvgIpc) is 2.80. The number of carbonyl (C=O) groups excluding carboxylic acids is 1. The fourth-order valence-corrected chi connectivity index (χ4v) is 2.22. The van der Waals surface area contributed by atoms with Gasteiger partial charge in [0.05, 0.1) is 12.1 Å². The van der Waals surface area contributed by atoms with Gasteiger partial charge in [-0.3, -0.25) is 4.79 Å². The number of fused-ring (bicyclic) bond motifs is 1. The molecule has 0 saturated heterocycles. The van der Waals surface area contributed by atoms with Crippen molar-refractivity contribution < 1.29 is 9.90 Å². The highest BCUT2D eigenvalue weighted by molar-refractivity contribution is 5.97. The summed E-state index contributed by atoms with van der Waals surface area (Å²) in [6, 6.07) is 5.15. The molecule has 0 spiro atoms. The number of aromatic nitrogens is 3. The van der Waals surface area contributed by atoms with Crippen molar-refractivity contribution in [3.63, 3.8) is 0 Å². The monoisotopic (exact) mass is 246 g/mol. The molecule has 1 heterocycles. The number of carbonyl (C=O) groups is 1. The van der Waals surface area contributed by atoms with E-state index in [9.17, 15) is 9.90 Å². The van der Waals surface area contributed by atoms with Crippen LogP contribution in [-0.4, -0.2) is 38.6 Å². The van der Waals surface area contributed by atoms with Crippen LogP contribution in [0.15, 0.2) is 18.2 Å². The maximum absolute atomic E-state index is 12.1. The number of nitrogens with one attached hydrogen (secondary N) is 2. The summed E-state index contributed by atoms with van der Waals surface area (Å²) in [6.07, 6.45) is 2.71. The van der Waals surface area contributed by atoms with Crippen molar-refractivity contribution in [1.82, 2.24) is 20.7 Å². The second-order valence-corrected chi connectivity index (χ2v) is 4.77. The molecule has 1 saturated carbocycles. The molecule has 1 aromatic carbocycles. The third-order valence-electron chi connectivity index (χ3n) is 3.57. The molecule has 0 radical (unpaired) electrons. The Hall–Kier alpha value is -1.95. The zero-order valence-corrected chi connectivity index (χ0v) is 9.81. The van der Waals surface area contributed by atoms with Crippen LogP contribution >= 0.6 is 0 Å². The van der Waals surface area contributed by atoms with Gasteiger partial charge in [-0.15, -0.1) is 0 Å². The normalized spacial score (nSPS) is 17.4. The number of H-pyrrole nitrogens is 1. The van der Waals surface area contributed by atoms with Crippen LogP contribution in [0.3, 0.4) is 0 Å². The minimum atomic E-state index is -0.421. The first kappa shape index (κ1) is 11.2. The maximum Gasteiger partial charge on any atom is 0.251 e. The summed E-state index contributed by atoms with van der Waals surface area (Å²) < 4.78 is 0. The Bertz CT molecular complexity index is 583. The highest BCUT2D eigenvalue weighted by Gasteiger charge is 2.37. The molecule has 6 heteroatoms. The third-order valence-corrected chi connectivity index (χ3v) is 3.57. The molecule has 0 aliphatic heterocycles. The van der Waals surface area contributed by atoms with Crippen LogP contribution in [0.1, 0.15) is 29.6 Å². The van der Waals surface area contributed by atoms with Crippen molar-refractivity contribution in [2.45, 2.75) is 24.8 Å². The van der Waals surface area contributed by atoms with Gasteiger partial charge in [0.2, 0.25) is 0 Å². The Balaban J connectivity index is 1.83. The zero-order valence-electron chi connectivity index (χ0n) is 9.81. The first-order valence-corrected chi connectivity index (χ1v) is 5.96. The average molecular weight is 246 g/mol. The minimum Gasteiger partial charge on any atom is -0.394 e. The number of aliphatic hydroxyl groups excluding tert-OH is 1. The largest absolute Gasteiger partial charge is 0.394 e. The molecule has 1 amide bonds. The number of benzene rings is 1. The molecule has 94 valence electrons. The lowest BCUT2D eigenvalue weighted by molar-refractivity contribution is 0.0642. The second-order valence-electron chi connectivity index (χ2n) is 4.77. The highest BCUT2D eigenvalue weighted by atomic mass is 16.3. The lowest BCUT2D eigenvalue weighted by atomic mass is 9.77. The Morgan fingerprint density at radius 1 is 1.39 bits per heavy atom. The van der Waals surface area contributed by atoms with E-state index in [0.717, 1.165) is 24.8 Å². The van der Waals surface area contributed by atoms with Gasteiger partial charge in [-0.25, -0.2) is 0 Å². The number of amides is 1. The van der Waals surface area contributed by atoms with Crippen LogP contribution in [0.25, 0.3) is 11.0 Å². The fraction of sp³-hybridized carbons (Fsp3) is 0.417. The lowest BCUT2D eigenvalue weighted by Crippen LogP contribution is -2.56. The number of aliphatic hydroxyl groups is 1. The molecule has 0 atom stereocenters. The van der Waals surface area contributed by atoms with Crippen molar-refractivity contribution >= 4 is 16.9 Å². The summed E-state index contributed by atoms with van der Waals surface area (Å²) >= 11 is 0. The Kier molecular flexibility index (Phi) is 2.52. The number of nitrogens with zero attached hydrogens (tertiary/aromatic N) is 2. The molecule has 18 heavy (non-hydrogen) atoms. The van der Waals surface area contributed by atoms with Gasteiger partial charge >= 0.3 is 0 Å². The first-order valence-electron chi connectivity index (χ1n) is 5.96. The predicted octanol–water partition coefficient (Wildman–Crippen LogP) is 0.603. The van der Waals surface area contributed by atoms with Crippen molar-refractivity contribution in [2.75, 3.05) is 6.61 Å². The fourth-order valence-electron chi connectivity index (χ4n) is 2.22. The van der Waals surface area contributed by atoms with Gasteiger partial charge in [0.15, 0.2) is 0 Å². The minimum absolute atomic E-state index is 0.00898. The molecule has 3 N–H and O–H groups in total. The predicted molar refractivity (Wildman–Crippen MR) is 65.0 cm³/mol. The van der Waals surface area contributed by atoms with Gasteiger partial charge in [-0.1, -0.05) is 0 Å². The molecular formula is C12H14N4O2. The molecule has 1 aliphatic rings. The molecule has 3 rings (SSSR count). The van der Waals surface area contributed by atoms with Crippen LogP contribution < -0.4 is 5.32 Å². The highest BCUT2D eigenvalue weighted by Crippen LogP contribution is 2.31. The Morgan fingerprint density at radius 3 is 2.83 bits per heavy atom. The van der Waals surface area contributed by atoms with Crippen LogP contribution in [0.2, 0.25) is 0 Å².